The number of fused-ring (bicyclic) bond motifs is 3. The molecule has 1 unspecified atom stereocenters. The Balaban J connectivity index is 1.31. The van der Waals surface area contributed by atoms with Crippen molar-refractivity contribution in [1.82, 2.24) is 25.2 Å². The van der Waals surface area contributed by atoms with Gasteiger partial charge < -0.3 is 14.6 Å². The highest BCUT2D eigenvalue weighted by molar-refractivity contribution is 5.92. The molecular formula is C23H26F2N6O2. The first-order chi connectivity index (χ1) is 16.0. The molecule has 0 aliphatic carbocycles. The third-order valence-corrected chi connectivity index (χ3v) is 6.48. The highest BCUT2D eigenvalue weighted by Crippen LogP contribution is 2.35. The number of hydrogen-bond acceptors (Lipinski definition) is 6. The molecule has 2 fully saturated rings. The van der Waals surface area contributed by atoms with Crippen molar-refractivity contribution in [3.8, 4) is 11.3 Å². The standard InChI is InChI=1S/C23H26F2N6O2/c1-13-26-11-20(33-13)15-5-14-6-22(29-10-19(14)28-9-15)30-23(32)31-17-3-2-4-18(31)8-16(7-17)27-12-21(24)25/h5-6,9-11,16-18,21,27H,2-4,7-8,12H2,1H3,(H,29,30,32)/t16?,17-,18+. The second-order valence-electron chi connectivity index (χ2n) is 8.77. The zero-order valence-corrected chi connectivity index (χ0v) is 18.3. The zero-order valence-electron chi connectivity index (χ0n) is 18.3. The molecule has 2 aliphatic heterocycles. The number of hydrogen-bond donors (Lipinski definition) is 2. The van der Waals surface area contributed by atoms with Gasteiger partial charge in [-0.3, -0.25) is 10.3 Å². The molecule has 2 saturated heterocycles. The van der Waals surface area contributed by atoms with E-state index in [2.05, 4.69) is 25.6 Å². The number of aromatic nitrogens is 3. The summed E-state index contributed by atoms with van der Waals surface area (Å²) in [5, 5.41) is 6.71. The summed E-state index contributed by atoms with van der Waals surface area (Å²) in [6.45, 7) is 1.48. The maximum Gasteiger partial charge on any atom is 0.323 e. The van der Waals surface area contributed by atoms with E-state index >= 15 is 0 Å². The Kier molecular flexibility index (Phi) is 5.92. The highest BCUT2D eigenvalue weighted by atomic mass is 19.3. The number of urea groups is 1. The maximum absolute atomic E-state index is 13.2. The van der Waals surface area contributed by atoms with E-state index in [-0.39, 0.29) is 30.7 Å². The topological polar surface area (TPSA) is 96.2 Å². The molecule has 3 atom stereocenters. The first-order valence-electron chi connectivity index (χ1n) is 11.3. The SMILES string of the molecule is Cc1ncc(-c2cnc3cnc(NC(=O)N4[C@@H]5CCC[C@H]4CC(NCC(F)F)C5)cc3c2)o1. The fraction of sp³-hybridized carbons (Fsp3) is 0.478. The highest BCUT2D eigenvalue weighted by Gasteiger charge is 2.41. The average molecular weight is 456 g/mol. The molecule has 5 heterocycles. The number of nitrogens with one attached hydrogen (secondary N) is 2. The Morgan fingerprint density at radius 3 is 2.64 bits per heavy atom. The summed E-state index contributed by atoms with van der Waals surface area (Å²) in [5.41, 5.74) is 1.50. The van der Waals surface area contributed by atoms with Gasteiger partial charge in [0.25, 0.3) is 6.43 Å². The van der Waals surface area contributed by atoms with Crippen LogP contribution in [0.4, 0.5) is 19.4 Å². The largest absolute Gasteiger partial charge is 0.441 e. The van der Waals surface area contributed by atoms with Crippen LogP contribution in [0, 0.1) is 6.92 Å². The number of carbonyl (C=O) groups is 1. The number of piperidine rings is 2. The lowest BCUT2D eigenvalue weighted by atomic mass is 9.82. The first-order valence-corrected chi connectivity index (χ1v) is 11.3. The van der Waals surface area contributed by atoms with E-state index in [4.69, 9.17) is 4.42 Å². The lowest BCUT2D eigenvalue weighted by Gasteiger charge is -2.48. The Morgan fingerprint density at radius 1 is 1.15 bits per heavy atom. The Labute approximate surface area is 189 Å². The quantitative estimate of drug-likeness (QED) is 0.592. The van der Waals surface area contributed by atoms with Crippen LogP contribution in [0.2, 0.25) is 0 Å². The van der Waals surface area contributed by atoms with E-state index in [1.807, 2.05) is 11.0 Å². The summed E-state index contributed by atoms with van der Waals surface area (Å²) in [4.78, 5) is 28.0. The molecule has 0 saturated carbocycles. The third kappa shape index (κ3) is 4.66. The van der Waals surface area contributed by atoms with Crippen molar-refractivity contribution in [3.63, 3.8) is 0 Å². The predicted octanol–water partition coefficient (Wildman–Crippen LogP) is 4.37. The van der Waals surface area contributed by atoms with Gasteiger partial charge >= 0.3 is 6.03 Å². The number of alkyl halides is 2. The number of carbonyl (C=O) groups excluding carboxylic acids is 1. The average Bonchev–Trinajstić information content (AvgIpc) is 3.22. The van der Waals surface area contributed by atoms with Gasteiger partial charge in [-0.25, -0.2) is 23.5 Å². The van der Waals surface area contributed by atoms with Gasteiger partial charge in [0.1, 0.15) is 5.82 Å². The van der Waals surface area contributed by atoms with Gasteiger partial charge in [0.2, 0.25) is 0 Å². The van der Waals surface area contributed by atoms with Crippen molar-refractivity contribution in [1.29, 1.82) is 0 Å². The van der Waals surface area contributed by atoms with Crippen molar-refractivity contribution in [3.05, 3.63) is 36.6 Å². The second-order valence-corrected chi connectivity index (χ2v) is 8.77. The molecule has 2 amide bonds. The lowest BCUT2D eigenvalue weighted by Crippen LogP contribution is -2.59. The minimum atomic E-state index is -2.37. The molecule has 3 aromatic rings. The van der Waals surface area contributed by atoms with Crippen LogP contribution in [0.5, 0.6) is 0 Å². The Morgan fingerprint density at radius 2 is 1.94 bits per heavy atom. The molecule has 8 nitrogen and oxygen atoms in total. The van der Waals surface area contributed by atoms with E-state index in [0.29, 0.717) is 35.8 Å². The summed E-state index contributed by atoms with van der Waals surface area (Å²) in [6.07, 6.45) is 6.80. The molecule has 2 N–H and O–H groups in total. The molecule has 33 heavy (non-hydrogen) atoms. The molecule has 2 bridgehead atoms. The summed E-state index contributed by atoms with van der Waals surface area (Å²) in [6, 6.07) is 3.61. The van der Waals surface area contributed by atoms with Crippen molar-refractivity contribution >= 4 is 22.8 Å². The van der Waals surface area contributed by atoms with E-state index in [0.717, 1.165) is 30.2 Å². The monoisotopic (exact) mass is 456 g/mol. The number of aryl methyl sites for hydroxylation is 1. The van der Waals surface area contributed by atoms with Crippen molar-refractivity contribution < 1.29 is 18.0 Å². The molecule has 5 rings (SSSR count). The summed E-state index contributed by atoms with van der Waals surface area (Å²) >= 11 is 0. The molecule has 0 spiro atoms. The number of amides is 2. The van der Waals surface area contributed by atoms with Gasteiger partial charge in [0.15, 0.2) is 11.7 Å². The summed E-state index contributed by atoms with van der Waals surface area (Å²) in [7, 11) is 0. The zero-order chi connectivity index (χ0) is 22.9. The number of nitrogens with zero attached hydrogens (tertiary/aromatic N) is 4. The van der Waals surface area contributed by atoms with Crippen LogP contribution in [0.1, 0.15) is 38.0 Å². The maximum atomic E-state index is 13.2. The van der Waals surface area contributed by atoms with Crippen LogP contribution < -0.4 is 10.6 Å². The van der Waals surface area contributed by atoms with Crippen molar-refractivity contribution in [2.45, 2.75) is 63.6 Å². The molecular weight excluding hydrogens is 430 g/mol. The van der Waals surface area contributed by atoms with Crippen molar-refractivity contribution in [2.24, 2.45) is 0 Å². The normalized spacial score (nSPS) is 22.7. The van der Waals surface area contributed by atoms with Crippen LogP contribution in [-0.2, 0) is 0 Å². The lowest BCUT2D eigenvalue weighted by molar-refractivity contribution is 0.0548. The predicted molar refractivity (Wildman–Crippen MR) is 119 cm³/mol. The second kappa shape index (κ2) is 9.01. The fourth-order valence-electron chi connectivity index (χ4n) is 5.04. The molecule has 10 heteroatoms. The van der Waals surface area contributed by atoms with Gasteiger partial charge in [0, 0.05) is 42.2 Å². The van der Waals surface area contributed by atoms with Crippen LogP contribution in [-0.4, -0.2) is 57.0 Å². The van der Waals surface area contributed by atoms with Gasteiger partial charge in [-0.1, -0.05) is 0 Å². The van der Waals surface area contributed by atoms with Gasteiger partial charge in [-0.15, -0.1) is 0 Å². The van der Waals surface area contributed by atoms with E-state index in [1.165, 1.54) is 0 Å². The first kappa shape index (κ1) is 21.7. The molecule has 0 aromatic carbocycles. The number of halogens is 2. The van der Waals surface area contributed by atoms with Crippen LogP contribution in [0.3, 0.4) is 0 Å². The Bertz CT molecular complexity index is 1140. The summed E-state index contributed by atoms with van der Waals surface area (Å²) < 4.78 is 30.8. The molecule has 3 aromatic heterocycles. The number of anilines is 1. The van der Waals surface area contributed by atoms with Gasteiger partial charge in [-0.05, 0) is 44.2 Å². The minimum Gasteiger partial charge on any atom is -0.441 e. The minimum absolute atomic E-state index is 0.0152. The number of rotatable bonds is 5. The van der Waals surface area contributed by atoms with Crippen LogP contribution in [0.25, 0.3) is 22.2 Å². The van der Waals surface area contributed by atoms with Crippen LogP contribution in [0.15, 0.2) is 35.1 Å². The van der Waals surface area contributed by atoms with Gasteiger partial charge in [0.05, 0.1) is 24.5 Å². The third-order valence-electron chi connectivity index (χ3n) is 6.48. The van der Waals surface area contributed by atoms with E-state index in [1.54, 1.807) is 31.6 Å². The number of pyridine rings is 2. The summed E-state index contributed by atoms with van der Waals surface area (Å²) in [5.74, 6) is 1.64. The van der Waals surface area contributed by atoms with Crippen LogP contribution >= 0.6 is 0 Å². The Hall–Kier alpha value is -3.14. The molecule has 0 radical (unpaired) electrons. The number of oxazole rings is 1. The smallest absolute Gasteiger partial charge is 0.323 e. The molecule has 2 aliphatic rings. The fourth-order valence-corrected chi connectivity index (χ4v) is 5.04. The van der Waals surface area contributed by atoms with Gasteiger partial charge in [-0.2, -0.15) is 0 Å². The van der Waals surface area contributed by atoms with Crippen molar-refractivity contribution in [2.75, 3.05) is 11.9 Å². The van der Waals surface area contributed by atoms with E-state index < -0.39 is 6.43 Å². The molecule has 174 valence electrons. The van der Waals surface area contributed by atoms with E-state index in [9.17, 15) is 13.6 Å².